The van der Waals surface area contributed by atoms with Crippen molar-refractivity contribution in [2.45, 2.75) is 6.54 Å². The van der Waals surface area contributed by atoms with E-state index in [4.69, 9.17) is 16.3 Å². The quantitative estimate of drug-likeness (QED) is 0.806. The molecular formula is C13H14ClN3O3. The van der Waals surface area contributed by atoms with Crippen molar-refractivity contribution >= 4 is 34.5 Å². The molecule has 20 heavy (non-hydrogen) atoms. The van der Waals surface area contributed by atoms with E-state index in [9.17, 15) is 9.59 Å². The number of esters is 1. The van der Waals surface area contributed by atoms with E-state index in [1.165, 1.54) is 18.2 Å². The van der Waals surface area contributed by atoms with Crippen molar-refractivity contribution in [3.05, 3.63) is 29.0 Å². The Hall–Kier alpha value is -2.08. The molecule has 6 nitrogen and oxygen atoms in total. The van der Waals surface area contributed by atoms with Crippen LogP contribution in [0.4, 0.5) is 0 Å². The van der Waals surface area contributed by atoms with Crippen LogP contribution in [-0.2, 0) is 16.1 Å². The Morgan fingerprint density at radius 1 is 1.45 bits per heavy atom. The summed E-state index contributed by atoms with van der Waals surface area (Å²) in [5.41, 5.74) is 0.851. The second-order valence-electron chi connectivity index (χ2n) is 4.43. The number of ether oxygens (including phenoxy) is 1. The van der Waals surface area contributed by atoms with Crippen LogP contribution in [0.15, 0.2) is 18.3 Å². The molecule has 0 unspecified atom stereocenters. The van der Waals surface area contributed by atoms with Crippen LogP contribution < -0.4 is 0 Å². The van der Waals surface area contributed by atoms with E-state index in [-0.39, 0.29) is 12.5 Å². The predicted molar refractivity (Wildman–Crippen MR) is 74.8 cm³/mol. The first-order valence-corrected chi connectivity index (χ1v) is 6.25. The molecule has 0 aliphatic heterocycles. The molecule has 0 saturated carbocycles. The zero-order valence-corrected chi connectivity index (χ0v) is 12.1. The lowest BCUT2D eigenvalue weighted by Gasteiger charge is -2.12. The van der Waals surface area contributed by atoms with Gasteiger partial charge in [-0.05, 0) is 12.1 Å². The van der Waals surface area contributed by atoms with Gasteiger partial charge >= 0.3 is 5.97 Å². The number of methoxy groups -OCH3 is 1. The van der Waals surface area contributed by atoms with Crippen LogP contribution in [0.1, 0.15) is 10.4 Å². The van der Waals surface area contributed by atoms with Crippen LogP contribution in [0.2, 0.25) is 5.15 Å². The van der Waals surface area contributed by atoms with Crippen molar-refractivity contribution in [3.8, 4) is 0 Å². The second kappa shape index (κ2) is 5.50. The van der Waals surface area contributed by atoms with E-state index in [0.717, 1.165) is 0 Å². The molecule has 2 rings (SSSR count). The van der Waals surface area contributed by atoms with Crippen molar-refractivity contribution in [2.24, 2.45) is 0 Å². The molecule has 0 atom stereocenters. The normalized spacial score (nSPS) is 10.6. The molecule has 0 spiro atoms. The molecule has 0 fully saturated rings. The van der Waals surface area contributed by atoms with Gasteiger partial charge < -0.3 is 14.2 Å². The molecule has 0 saturated heterocycles. The van der Waals surface area contributed by atoms with Crippen LogP contribution in [0.5, 0.6) is 0 Å². The van der Waals surface area contributed by atoms with Gasteiger partial charge in [-0.25, -0.2) is 9.78 Å². The summed E-state index contributed by atoms with van der Waals surface area (Å²) in [6, 6.07) is 3.17. The highest BCUT2D eigenvalue weighted by molar-refractivity contribution is 6.31. The first-order valence-electron chi connectivity index (χ1n) is 5.88. The number of halogens is 1. The SMILES string of the molecule is COC(=O)c1ccnc2c1cc(Cl)n2CC(=O)N(C)C. The highest BCUT2D eigenvalue weighted by Gasteiger charge is 2.18. The van der Waals surface area contributed by atoms with Crippen LogP contribution in [0, 0.1) is 0 Å². The van der Waals surface area contributed by atoms with E-state index in [0.29, 0.717) is 21.7 Å². The zero-order chi connectivity index (χ0) is 14.9. The molecule has 0 bridgehead atoms. The number of amides is 1. The number of hydrogen-bond acceptors (Lipinski definition) is 4. The molecule has 2 aromatic rings. The minimum absolute atomic E-state index is 0.0625. The number of nitrogens with zero attached hydrogens (tertiary/aromatic N) is 3. The third-order valence-corrected chi connectivity index (χ3v) is 3.26. The molecule has 0 aliphatic rings. The standard InChI is InChI=1S/C13H14ClN3O3/c1-16(2)11(18)7-17-10(14)6-9-8(13(19)20-3)4-5-15-12(9)17/h4-6H,7H2,1-3H3. The Balaban J connectivity index is 2.55. The molecule has 106 valence electrons. The van der Waals surface area contributed by atoms with Crippen LogP contribution >= 0.6 is 11.6 Å². The molecule has 1 amide bonds. The van der Waals surface area contributed by atoms with Crippen LogP contribution in [0.3, 0.4) is 0 Å². The van der Waals surface area contributed by atoms with E-state index in [1.54, 1.807) is 30.8 Å². The highest BCUT2D eigenvalue weighted by atomic mass is 35.5. The summed E-state index contributed by atoms with van der Waals surface area (Å²) in [5, 5.41) is 0.912. The van der Waals surface area contributed by atoms with Crippen molar-refractivity contribution < 1.29 is 14.3 Å². The summed E-state index contributed by atoms with van der Waals surface area (Å²) >= 11 is 6.14. The average molecular weight is 296 g/mol. The highest BCUT2D eigenvalue weighted by Crippen LogP contribution is 2.25. The van der Waals surface area contributed by atoms with Gasteiger partial charge in [0.2, 0.25) is 5.91 Å². The van der Waals surface area contributed by atoms with Gasteiger partial charge in [0.25, 0.3) is 0 Å². The van der Waals surface area contributed by atoms with Crippen molar-refractivity contribution in [2.75, 3.05) is 21.2 Å². The Morgan fingerprint density at radius 3 is 2.75 bits per heavy atom. The van der Waals surface area contributed by atoms with Crippen molar-refractivity contribution in [3.63, 3.8) is 0 Å². The van der Waals surface area contributed by atoms with Crippen molar-refractivity contribution in [1.29, 1.82) is 0 Å². The Labute approximate surface area is 120 Å². The average Bonchev–Trinajstić information content (AvgIpc) is 2.74. The largest absolute Gasteiger partial charge is 0.465 e. The van der Waals surface area contributed by atoms with E-state index in [1.807, 2.05) is 0 Å². The molecule has 0 aromatic carbocycles. The fourth-order valence-corrected chi connectivity index (χ4v) is 2.08. The minimum atomic E-state index is -0.467. The zero-order valence-electron chi connectivity index (χ0n) is 11.4. The lowest BCUT2D eigenvalue weighted by molar-refractivity contribution is -0.129. The van der Waals surface area contributed by atoms with Gasteiger partial charge in [0, 0.05) is 25.7 Å². The smallest absolute Gasteiger partial charge is 0.338 e. The second-order valence-corrected chi connectivity index (χ2v) is 4.82. The summed E-state index contributed by atoms with van der Waals surface area (Å²) in [7, 11) is 4.63. The van der Waals surface area contributed by atoms with Gasteiger partial charge in [0.15, 0.2) is 0 Å². The summed E-state index contributed by atoms with van der Waals surface area (Å²) in [6.45, 7) is 0.0625. The van der Waals surface area contributed by atoms with Gasteiger partial charge in [0.1, 0.15) is 17.3 Å². The molecule has 0 aliphatic carbocycles. The monoisotopic (exact) mass is 295 g/mol. The minimum Gasteiger partial charge on any atom is -0.465 e. The van der Waals surface area contributed by atoms with E-state index in [2.05, 4.69) is 4.98 Å². The van der Waals surface area contributed by atoms with E-state index >= 15 is 0 Å². The lowest BCUT2D eigenvalue weighted by atomic mass is 10.2. The number of carbonyl (C=O) groups excluding carboxylic acids is 2. The third-order valence-electron chi connectivity index (χ3n) is 2.94. The fourth-order valence-electron chi connectivity index (χ4n) is 1.83. The summed E-state index contributed by atoms with van der Waals surface area (Å²) in [6.07, 6.45) is 1.49. The number of rotatable bonds is 3. The van der Waals surface area contributed by atoms with Gasteiger partial charge in [-0.1, -0.05) is 11.6 Å². The van der Waals surface area contributed by atoms with Crippen LogP contribution in [0.25, 0.3) is 11.0 Å². The molecule has 2 heterocycles. The Kier molecular flexibility index (Phi) is 3.94. The predicted octanol–water partition coefficient (Wildman–Crippen LogP) is 1.56. The van der Waals surface area contributed by atoms with E-state index < -0.39 is 5.97 Å². The number of fused-ring (bicyclic) bond motifs is 1. The number of aromatic nitrogens is 2. The number of pyridine rings is 1. The van der Waals surface area contributed by atoms with Gasteiger partial charge in [-0.2, -0.15) is 0 Å². The molecule has 0 radical (unpaired) electrons. The summed E-state index contributed by atoms with van der Waals surface area (Å²) in [5.74, 6) is -0.583. The Bertz CT molecular complexity index is 679. The van der Waals surface area contributed by atoms with Gasteiger partial charge in [-0.3, -0.25) is 4.79 Å². The maximum absolute atomic E-state index is 11.8. The molecular weight excluding hydrogens is 282 g/mol. The topological polar surface area (TPSA) is 64.4 Å². The first kappa shape index (κ1) is 14.3. The van der Waals surface area contributed by atoms with Crippen LogP contribution in [-0.4, -0.2) is 47.5 Å². The summed E-state index contributed by atoms with van der Waals surface area (Å²) in [4.78, 5) is 29.2. The molecule has 0 N–H and O–H groups in total. The maximum Gasteiger partial charge on any atom is 0.338 e. The summed E-state index contributed by atoms with van der Waals surface area (Å²) < 4.78 is 6.28. The number of likely N-dealkylation sites (N-methyl/N-ethyl adjacent to an activating group) is 1. The van der Waals surface area contributed by atoms with Gasteiger partial charge in [0.05, 0.1) is 12.7 Å². The number of carbonyl (C=O) groups is 2. The molecule has 7 heteroatoms. The third kappa shape index (κ3) is 2.46. The lowest BCUT2D eigenvalue weighted by Crippen LogP contribution is -2.26. The van der Waals surface area contributed by atoms with Crippen molar-refractivity contribution in [1.82, 2.24) is 14.5 Å². The fraction of sp³-hybridized carbons (Fsp3) is 0.308. The Morgan fingerprint density at radius 2 is 2.15 bits per heavy atom. The first-order chi connectivity index (χ1) is 9.45. The van der Waals surface area contributed by atoms with Gasteiger partial charge in [-0.15, -0.1) is 0 Å². The number of hydrogen-bond donors (Lipinski definition) is 0. The molecule has 2 aromatic heterocycles. The maximum atomic E-state index is 11.8.